The number of hydrogen-bond donors (Lipinski definition) is 0. The number of pyridine rings is 1. The van der Waals surface area contributed by atoms with Gasteiger partial charge >= 0.3 is 6.09 Å². The van der Waals surface area contributed by atoms with Crippen LogP contribution >= 0.6 is 0 Å². The van der Waals surface area contributed by atoms with Crippen LogP contribution in [-0.4, -0.2) is 47.6 Å². The van der Waals surface area contributed by atoms with E-state index in [2.05, 4.69) is 4.98 Å². The van der Waals surface area contributed by atoms with Crippen molar-refractivity contribution in [1.29, 1.82) is 0 Å². The zero-order valence-corrected chi connectivity index (χ0v) is 18.0. The lowest BCUT2D eigenvalue weighted by Gasteiger charge is -2.19. The van der Waals surface area contributed by atoms with E-state index in [9.17, 15) is 19.3 Å². The molecule has 1 aromatic heterocycles. The fourth-order valence-electron chi connectivity index (χ4n) is 3.42. The molecule has 0 saturated carbocycles. The average molecular weight is 452 g/mol. The van der Waals surface area contributed by atoms with Gasteiger partial charge in [-0.2, -0.15) is 0 Å². The first-order chi connectivity index (χ1) is 15.8. The highest BCUT2D eigenvalue weighted by molar-refractivity contribution is 5.69. The molecule has 2 heterocycles. The van der Waals surface area contributed by atoms with Gasteiger partial charge in [-0.3, -0.25) is 10.1 Å². The molecule has 0 spiro atoms. The van der Waals surface area contributed by atoms with Crippen LogP contribution in [0, 0.1) is 15.9 Å². The summed E-state index contributed by atoms with van der Waals surface area (Å²) in [4.78, 5) is 28.9. The summed E-state index contributed by atoms with van der Waals surface area (Å²) < 4.78 is 25.4. The van der Waals surface area contributed by atoms with E-state index in [1.807, 2.05) is 12.1 Å². The fraction of sp³-hybridized carbons (Fsp3) is 0.217. The quantitative estimate of drug-likeness (QED) is 0.379. The first-order valence-electron chi connectivity index (χ1n) is 10.1. The summed E-state index contributed by atoms with van der Waals surface area (Å²) in [7, 11) is 3.39. The zero-order chi connectivity index (χ0) is 23.5. The summed E-state index contributed by atoms with van der Waals surface area (Å²) in [6.07, 6.45) is 1.47. The van der Waals surface area contributed by atoms with Crippen LogP contribution in [0.5, 0.6) is 11.5 Å². The second-order valence-corrected chi connectivity index (χ2v) is 7.60. The highest BCUT2D eigenvalue weighted by Crippen LogP contribution is 2.30. The van der Waals surface area contributed by atoms with E-state index in [1.165, 1.54) is 24.3 Å². The number of amides is 1. The van der Waals surface area contributed by atoms with Crippen molar-refractivity contribution in [2.45, 2.75) is 12.5 Å². The monoisotopic (exact) mass is 452 g/mol. The molecule has 1 amide bonds. The Morgan fingerprint density at radius 2 is 2.00 bits per heavy atom. The molecule has 1 aliphatic heterocycles. The third-order valence-electron chi connectivity index (χ3n) is 5.45. The van der Waals surface area contributed by atoms with Gasteiger partial charge in [-0.05, 0) is 42.3 Å². The van der Waals surface area contributed by atoms with Crippen molar-refractivity contribution >= 4 is 23.3 Å². The standard InChI is InChI=1S/C23H21FN4O5/c1-26(22-10-6-17(13-25-22)28(30)31)16-5-9-21(20(24)12-16)33-19-7-3-15(4-8-19)11-18-14-32-23(29)27(18)2/h3-10,12-13,18H,11,14H2,1-2H3/t18-/m0/s1. The molecule has 0 aliphatic carbocycles. The van der Waals surface area contributed by atoms with Gasteiger partial charge in [0.05, 0.1) is 11.0 Å². The summed E-state index contributed by atoms with van der Waals surface area (Å²) in [6.45, 7) is 0.356. The van der Waals surface area contributed by atoms with E-state index in [1.54, 1.807) is 42.1 Å². The normalized spacial score (nSPS) is 15.3. The molecule has 9 nitrogen and oxygen atoms in total. The van der Waals surface area contributed by atoms with Crippen molar-refractivity contribution in [3.05, 3.63) is 82.3 Å². The van der Waals surface area contributed by atoms with Gasteiger partial charge < -0.3 is 19.3 Å². The third-order valence-corrected chi connectivity index (χ3v) is 5.45. The maximum absolute atomic E-state index is 14.7. The molecule has 1 fully saturated rings. The number of nitrogens with zero attached hydrogens (tertiary/aromatic N) is 4. The molecule has 0 radical (unpaired) electrons. The van der Waals surface area contributed by atoms with E-state index in [-0.39, 0.29) is 23.6 Å². The molecule has 1 saturated heterocycles. The third kappa shape index (κ3) is 4.84. The molecular weight excluding hydrogens is 431 g/mol. The van der Waals surface area contributed by atoms with Crippen LogP contribution in [0.1, 0.15) is 5.56 Å². The number of nitro groups is 1. The van der Waals surface area contributed by atoms with Crippen molar-refractivity contribution in [3.8, 4) is 11.5 Å². The number of rotatable bonds is 7. The molecule has 0 unspecified atom stereocenters. The van der Waals surface area contributed by atoms with Crippen molar-refractivity contribution in [2.75, 3.05) is 25.6 Å². The summed E-state index contributed by atoms with van der Waals surface area (Å²) in [5.41, 5.74) is 1.39. The molecule has 170 valence electrons. The number of hydrogen-bond acceptors (Lipinski definition) is 7. The first-order valence-corrected chi connectivity index (χ1v) is 10.1. The Kier molecular flexibility index (Phi) is 6.07. The number of benzene rings is 2. The van der Waals surface area contributed by atoms with E-state index in [4.69, 9.17) is 9.47 Å². The van der Waals surface area contributed by atoms with Gasteiger partial charge in [0.2, 0.25) is 0 Å². The Bertz CT molecular complexity index is 1170. The van der Waals surface area contributed by atoms with Crippen LogP contribution in [-0.2, 0) is 11.2 Å². The van der Waals surface area contributed by atoms with Gasteiger partial charge in [0, 0.05) is 31.9 Å². The lowest BCUT2D eigenvalue weighted by atomic mass is 10.1. The van der Waals surface area contributed by atoms with Crippen LogP contribution in [0.15, 0.2) is 60.8 Å². The molecule has 0 N–H and O–H groups in total. The maximum Gasteiger partial charge on any atom is 0.409 e. The maximum atomic E-state index is 14.7. The van der Waals surface area contributed by atoms with Crippen LogP contribution in [0.25, 0.3) is 0 Å². The Morgan fingerprint density at radius 3 is 2.58 bits per heavy atom. The smallest absolute Gasteiger partial charge is 0.409 e. The summed E-state index contributed by atoms with van der Waals surface area (Å²) in [5.74, 6) is 0.409. The van der Waals surface area contributed by atoms with Gasteiger partial charge in [0.1, 0.15) is 24.4 Å². The van der Waals surface area contributed by atoms with Crippen molar-refractivity contribution in [2.24, 2.45) is 0 Å². The predicted octanol–water partition coefficient (Wildman–Crippen LogP) is 4.68. The summed E-state index contributed by atoms with van der Waals surface area (Å²) in [5, 5.41) is 10.8. The number of likely N-dealkylation sites (N-methyl/N-ethyl adjacent to an activating group) is 1. The van der Waals surface area contributed by atoms with E-state index < -0.39 is 10.7 Å². The van der Waals surface area contributed by atoms with E-state index in [0.717, 1.165) is 11.8 Å². The Morgan fingerprint density at radius 1 is 1.24 bits per heavy atom. The second-order valence-electron chi connectivity index (χ2n) is 7.60. The number of carbonyl (C=O) groups is 1. The van der Waals surface area contributed by atoms with E-state index >= 15 is 0 Å². The lowest BCUT2D eigenvalue weighted by molar-refractivity contribution is -0.385. The van der Waals surface area contributed by atoms with Crippen LogP contribution in [0.3, 0.4) is 0 Å². The lowest BCUT2D eigenvalue weighted by Crippen LogP contribution is -2.30. The Balaban J connectivity index is 1.42. The van der Waals surface area contributed by atoms with Crippen LogP contribution in [0.4, 0.5) is 26.4 Å². The number of anilines is 2. The average Bonchev–Trinajstić information content (AvgIpc) is 3.13. The molecular formula is C23H21FN4O5. The molecule has 2 aromatic carbocycles. The fourth-order valence-corrected chi connectivity index (χ4v) is 3.42. The largest absolute Gasteiger partial charge is 0.454 e. The van der Waals surface area contributed by atoms with Gasteiger partial charge in [-0.1, -0.05) is 12.1 Å². The van der Waals surface area contributed by atoms with Gasteiger partial charge in [-0.15, -0.1) is 0 Å². The first kappa shape index (κ1) is 22.0. The molecule has 10 heteroatoms. The Hall–Kier alpha value is -4.21. The Labute approximate surface area is 189 Å². The van der Waals surface area contributed by atoms with E-state index in [0.29, 0.717) is 30.3 Å². The minimum atomic E-state index is -0.562. The number of cyclic esters (lactones) is 1. The SMILES string of the molecule is CN(c1ccc(Oc2ccc(C[C@H]3COC(=O)N3C)cc2)c(F)c1)c1ccc([N+](=O)[O-])cn1. The van der Waals surface area contributed by atoms with Crippen LogP contribution in [0.2, 0.25) is 0 Å². The molecule has 1 aliphatic rings. The van der Waals surface area contributed by atoms with Crippen LogP contribution < -0.4 is 9.64 Å². The predicted molar refractivity (Wildman–Crippen MR) is 118 cm³/mol. The number of aromatic nitrogens is 1. The molecule has 0 bridgehead atoms. The molecule has 1 atom stereocenters. The summed E-state index contributed by atoms with van der Waals surface area (Å²) >= 11 is 0. The molecule has 4 rings (SSSR count). The number of halogens is 1. The molecule has 33 heavy (non-hydrogen) atoms. The van der Waals surface area contributed by atoms with Crippen molar-refractivity contribution in [3.63, 3.8) is 0 Å². The minimum absolute atomic E-state index is 0.0171. The van der Waals surface area contributed by atoms with Crippen molar-refractivity contribution in [1.82, 2.24) is 9.88 Å². The number of ether oxygens (including phenoxy) is 2. The van der Waals surface area contributed by atoms with Gasteiger partial charge in [0.15, 0.2) is 11.6 Å². The highest BCUT2D eigenvalue weighted by atomic mass is 19.1. The zero-order valence-electron chi connectivity index (χ0n) is 18.0. The van der Waals surface area contributed by atoms with Crippen molar-refractivity contribution < 1.29 is 23.6 Å². The van der Waals surface area contributed by atoms with Gasteiger partial charge in [0.25, 0.3) is 5.69 Å². The number of carbonyl (C=O) groups excluding carboxylic acids is 1. The minimum Gasteiger partial charge on any atom is -0.454 e. The topological polar surface area (TPSA) is 98.0 Å². The second kappa shape index (κ2) is 9.11. The highest BCUT2D eigenvalue weighted by Gasteiger charge is 2.29. The summed E-state index contributed by atoms with van der Waals surface area (Å²) in [6, 6.07) is 14.5. The molecule has 3 aromatic rings. The van der Waals surface area contributed by atoms with Gasteiger partial charge in [-0.25, -0.2) is 14.2 Å².